The first kappa shape index (κ1) is 24.2. The quantitative estimate of drug-likeness (QED) is 0.202. The third-order valence-corrected chi connectivity index (χ3v) is 5.82. The molecule has 0 unspecified atom stereocenters. The van der Waals surface area contributed by atoms with Gasteiger partial charge in [0.2, 0.25) is 10.9 Å². The molecule has 0 amide bonds. The molecule has 0 fully saturated rings. The van der Waals surface area contributed by atoms with Gasteiger partial charge in [-0.05, 0) is 12.1 Å². The largest absolute Gasteiger partial charge is 0.506 e. The average molecular weight is 518 g/mol. The number of rotatable bonds is 2. The van der Waals surface area contributed by atoms with E-state index in [-0.39, 0.29) is 11.2 Å². The third kappa shape index (κ3) is 3.92. The lowest BCUT2D eigenvalue weighted by atomic mass is 9.97. The molecule has 0 atom stereocenters. The summed E-state index contributed by atoms with van der Waals surface area (Å²) in [7, 11) is 0. The van der Waals surface area contributed by atoms with Gasteiger partial charge >= 0.3 is 12.4 Å². The number of hydrogen-bond acceptors (Lipinski definition) is 5. The van der Waals surface area contributed by atoms with Crippen LogP contribution in [0.4, 0.5) is 26.3 Å². The monoisotopic (exact) mass is 518 g/mol. The summed E-state index contributed by atoms with van der Waals surface area (Å²) in [5, 5.41) is 9.65. The molecule has 2 heterocycles. The maximum Gasteiger partial charge on any atom is 0.417 e. The summed E-state index contributed by atoms with van der Waals surface area (Å²) in [6.07, 6.45) is -8.06. The lowest BCUT2D eigenvalue weighted by Gasteiger charge is -2.13. The number of halogens is 6. The van der Waals surface area contributed by atoms with E-state index in [0.29, 0.717) is 0 Å². The lowest BCUT2D eigenvalue weighted by Crippen LogP contribution is -2.13. The van der Waals surface area contributed by atoms with Crippen molar-refractivity contribution < 1.29 is 40.3 Å². The van der Waals surface area contributed by atoms with Crippen LogP contribution in [0.1, 0.15) is 11.1 Å². The highest BCUT2D eigenvalue weighted by atomic mass is 19.4. The molecule has 188 valence electrons. The summed E-state index contributed by atoms with van der Waals surface area (Å²) >= 11 is 0. The van der Waals surface area contributed by atoms with Crippen LogP contribution in [0.25, 0.3) is 44.2 Å². The molecule has 0 saturated carbocycles. The van der Waals surface area contributed by atoms with E-state index in [0.717, 1.165) is 55.0 Å². The predicted molar refractivity (Wildman–Crippen MR) is 121 cm³/mol. The van der Waals surface area contributed by atoms with Crippen LogP contribution in [0, 0.1) is 0 Å². The Labute approximate surface area is 201 Å². The second-order valence-corrected chi connectivity index (χ2v) is 8.02. The van der Waals surface area contributed by atoms with Gasteiger partial charge in [-0.15, -0.1) is 0 Å². The molecule has 0 aliphatic rings. The van der Waals surface area contributed by atoms with E-state index in [9.17, 15) is 41.0 Å². The minimum Gasteiger partial charge on any atom is -0.506 e. The Morgan fingerprint density at radius 1 is 0.595 bits per heavy atom. The SMILES string of the molecule is O=c1c(-c2ccccc2C(F)(F)F)coc2cc3occ(-c4ccccc4C(F)(F)F)c(=O)c3c(O)c12. The molecule has 2 aromatic heterocycles. The van der Waals surface area contributed by atoms with Crippen molar-refractivity contribution in [3.05, 3.63) is 98.7 Å². The highest BCUT2D eigenvalue weighted by Gasteiger charge is 2.35. The van der Waals surface area contributed by atoms with E-state index in [4.69, 9.17) is 8.83 Å². The zero-order chi connectivity index (χ0) is 26.7. The number of aromatic hydroxyl groups is 1. The summed E-state index contributed by atoms with van der Waals surface area (Å²) in [6.45, 7) is 0. The maximum atomic E-state index is 13.5. The van der Waals surface area contributed by atoms with E-state index < -0.39 is 73.1 Å². The maximum absolute atomic E-state index is 13.5. The average Bonchev–Trinajstić information content (AvgIpc) is 2.83. The summed E-state index contributed by atoms with van der Waals surface area (Å²) in [5.41, 5.74) is -7.19. The van der Waals surface area contributed by atoms with Gasteiger partial charge in [-0.3, -0.25) is 9.59 Å². The molecule has 3 aromatic carbocycles. The van der Waals surface area contributed by atoms with E-state index in [1.165, 1.54) is 12.1 Å². The van der Waals surface area contributed by atoms with Crippen LogP contribution in [0.5, 0.6) is 5.75 Å². The molecular weight excluding hydrogens is 506 g/mol. The van der Waals surface area contributed by atoms with Gasteiger partial charge in [-0.1, -0.05) is 36.4 Å². The Morgan fingerprint density at radius 3 is 1.35 bits per heavy atom. The van der Waals surface area contributed by atoms with Crippen molar-refractivity contribution in [2.45, 2.75) is 12.4 Å². The Bertz CT molecular complexity index is 1680. The second kappa shape index (κ2) is 8.26. The van der Waals surface area contributed by atoms with Crippen LogP contribution in [-0.4, -0.2) is 5.11 Å². The van der Waals surface area contributed by atoms with Crippen molar-refractivity contribution in [3.8, 4) is 28.0 Å². The number of phenolic OH excluding ortho intramolecular Hbond substituents is 1. The van der Waals surface area contributed by atoms with Gasteiger partial charge < -0.3 is 13.9 Å². The van der Waals surface area contributed by atoms with Gasteiger partial charge in [0.25, 0.3) is 0 Å². The summed E-state index contributed by atoms with van der Waals surface area (Å²) in [4.78, 5) is 26.5. The van der Waals surface area contributed by atoms with Crippen molar-refractivity contribution in [1.29, 1.82) is 0 Å². The minimum atomic E-state index is -4.81. The van der Waals surface area contributed by atoms with Crippen LogP contribution >= 0.6 is 0 Å². The highest BCUT2D eigenvalue weighted by molar-refractivity contribution is 6.02. The topological polar surface area (TPSA) is 80.7 Å². The zero-order valence-corrected chi connectivity index (χ0v) is 18.2. The number of alkyl halides is 6. The van der Waals surface area contributed by atoms with E-state index in [1.54, 1.807) is 0 Å². The lowest BCUT2D eigenvalue weighted by molar-refractivity contribution is -0.137. The van der Waals surface area contributed by atoms with Gasteiger partial charge in [0.15, 0.2) is 0 Å². The number of phenols is 1. The van der Waals surface area contributed by atoms with Crippen LogP contribution in [0.3, 0.4) is 0 Å². The predicted octanol–water partition coefficient (Wildman–Crippen LogP) is 6.98. The smallest absolute Gasteiger partial charge is 0.417 e. The van der Waals surface area contributed by atoms with Crippen molar-refractivity contribution >= 4 is 21.9 Å². The van der Waals surface area contributed by atoms with Gasteiger partial charge in [0.1, 0.15) is 40.2 Å². The molecule has 0 radical (unpaired) electrons. The van der Waals surface area contributed by atoms with Crippen LogP contribution in [0.15, 0.2) is 85.5 Å². The van der Waals surface area contributed by atoms with Crippen LogP contribution in [-0.2, 0) is 12.4 Å². The van der Waals surface area contributed by atoms with Gasteiger partial charge in [0, 0.05) is 17.2 Å². The number of benzene rings is 3. The summed E-state index contributed by atoms with van der Waals surface area (Å²) in [6, 6.07) is 9.46. The molecule has 37 heavy (non-hydrogen) atoms. The normalized spacial score (nSPS) is 12.4. The van der Waals surface area contributed by atoms with Crippen molar-refractivity contribution in [2.75, 3.05) is 0 Å². The molecule has 0 aliphatic heterocycles. The molecule has 0 bridgehead atoms. The fourth-order valence-electron chi connectivity index (χ4n) is 4.17. The van der Waals surface area contributed by atoms with Gasteiger partial charge in [0.05, 0.1) is 22.3 Å². The molecule has 0 aliphatic carbocycles. The second-order valence-electron chi connectivity index (χ2n) is 8.02. The fourth-order valence-corrected chi connectivity index (χ4v) is 4.17. The molecule has 5 nitrogen and oxygen atoms in total. The number of fused-ring (bicyclic) bond motifs is 2. The van der Waals surface area contributed by atoms with Crippen molar-refractivity contribution in [3.63, 3.8) is 0 Å². The molecule has 0 spiro atoms. The Hall–Kier alpha value is -4.54. The molecule has 0 saturated heterocycles. The Morgan fingerprint density at radius 2 is 0.973 bits per heavy atom. The van der Waals surface area contributed by atoms with Gasteiger partial charge in [-0.25, -0.2) is 0 Å². The summed E-state index contributed by atoms with van der Waals surface area (Å²) < 4.78 is 91.8. The van der Waals surface area contributed by atoms with E-state index in [1.807, 2.05) is 0 Å². The first-order valence-corrected chi connectivity index (χ1v) is 10.5. The standard InChI is InChI=1S/C26H12F6O5/c27-25(28,29)16-7-3-1-5-12(16)14-10-36-18-9-19-21(24(35)20(18)22(14)33)23(34)15(11-37-19)13-6-2-4-8-17(13)26(30,31)32/h1-11,35H. The molecular formula is C26H12F6O5. The van der Waals surface area contributed by atoms with Crippen molar-refractivity contribution in [1.82, 2.24) is 0 Å². The zero-order valence-electron chi connectivity index (χ0n) is 18.2. The Kier molecular flexibility index (Phi) is 5.39. The summed E-state index contributed by atoms with van der Waals surface area (Å²) in [5.74, 6) is -0.993. The van der Waals surface area contributed by atoms with Crippen LogP contribution < -0.4 is 10.9 Å². The van der Waals surface area contributed by atoms with E-state index in [2.05, 4.69) is 0 Å². The third-order valence-electron chi connectivity index (χ3n) is 5.82. The fraction of sp³-hybridized carbons (Fsp3) is 0.0769. The highest BCUT2D eigenvalue weighted by Crippen LogP contribution is 2.39. The van der Waals surface area contributed by atoms with Crippen LogP contribution in [0.2, 0.25) is 0 Å². The molecule has 5 aromatic rings. The molecule has 11 heteroatoms. The first-order chi connectivity index (χ1) is 17.4. The van der Waals surface area contributed by atoms with E-state index >= 15 is 0 Å². The molecule has 5 rings (SSSR count). The number of hydrogen-bond donors (Lipinski definition) is 1. The molecule has 1 N–H and O–H groups in total. The first-order valence-electron chi connectivity index (χ1n) is 10.5. The van der Waals surface area contributed by atoms with Crippen molar-refractivity contribution in [2.24, 2.45) is 0 Å². The Balaban J connectivity index is 1.83. The van der Waals surface area contributed by atoms with Gasteiger partial charge in [-0.2, -0.15) is 26.3 Å². The minimum absolute atomic E-state index is 0.310.